The molecule has 0 aliphatic carbocycles. The molecule has 2 aliphatic rings. The second-order valence-corrected chi connectivity index (χ2v) is 8.84. The molecule has 0 spiro atoms. The number of benzene rings is 1. The van der Waals surface area contributed by atoms with E-state index in [4.69, 9.17) is 9.47 Å². The maximum Gasteiger partial charge on any atom is 0.0702 e. The van der Waals surface area contributed by atoms with Gasteiger partial charge in [-0.05, 0) is 68.6 Å². The lowest BCUT2D eigenvalue weighted by Crippen LogP contribution is -2.41. The van der Waals surface area contributed by atoms with E-state index in [1.165, 1.54) is 55.8 Å². The number of nitrogens with zero attached hydrogens (tertiary/aromatic N) is 2. The predicted octanol–water partition coefficient (Wildman–Crippen LogP) is 3.75. The van der Waals surface area contributed by atoms with E-state index in [0.29, 0.717) is 6.10 Å². The lowest BCUT2D eigenvalue weighted by molar-refractivity contribution is 0.0551. The van der Waals surface area contributed by atoms with Gasteiger partial charge >= 0.3 is 0 Å². The van der Waals surface area contributed by atoms with Gasteiger partial charge in [-0.25, -0.2) is 0 Å². The Labute approximate surface area is 169 Å². The molecule has 2 fully saturated rings. The monoisotopic (exact) mass is 392 g/mol. The average Bonchev–Trinajstić information content (AvgIpc) is 3.20. The lowest BCUT2D eigenvalue weighted by Gasteiger charge is -2.35. The third-order valence-electron chi connectivity index (χ3n) is 5.86. The van der Waals surface area contributed by atoms with Gasteiger partial charge in [-0.1, -0.05) is 12.1 Å². The van der Waals surface area contributed by atoms with Crippen LogP contribution in [0.25, 0.3) is 0 Å². The van der Waals surface area contributed by atoms with Gasteiger partial charge in [0.2, 0.25) is 0 Å². The molecule has 27 heavy (non-hydrogen) atoms. The molecule has 152 valence electrons. The fraction of sp³-hybridized carbons (Fsp3) is 0.727. The van der Waals surface area contributed by atoms with Gasteiger partial charge in [-0.2, -0.15) is 0 Å². The molecule has 4 nitrogen and oxygen atoms in total. The summed E-state index contributed by atoms with van der Waals surface area (Å²) in [7, 11) is 1.79. The summed E-state index contributed by atoms with van der Waals surface area (Å²) < 4.78 is 11.2. The van der Waals surface area contributed by atoms with E-state index in [9.17, 15) is 0 Å². The van der Waals surface area contributed by atoms with E-state index in [-0.39, 0.29) is 0 Å². The Hall–Kier alpha value is -0.590. The molecule has 1 unspecified atom stereocenters. The molecule has 0 bridgehead atoms. The number of methoxy groups -OCH3 is 1. The zero-order valence-electron chi connectivity index (χ0n) is 17.1. The van der Waals surface area contributed by atoms with Crippen LogP contribution in [0.15, 0.2) is 29.2 Å². The van der Waals surface area contributed by atoms with Gasteiger partial charge in [0.1, 0.15) is 0 Å². The Morgan fingerprint density at radius 1 is 1.22 bits per heavy atom. The van der Waals surface area contributed by atoms with Gasteiger partial charge in [0.05, 0.1) is 12.7 Å². The molecular formula is C22H36N2O2S. The van der Waals surface area contributed by atoms with Crippen LogP contribution in [-0.2, 0) is 16.0 Å². The molecule has 1 aromatic carbocycles. The van der Waals surface area contributed by atoms with E-state index in [2.05, 4.69) is 40.3 Å². The third kappa shape index (κ3) is 7.06. The van der Waals surface area contributed by atoms with Crippen LogP contribution in [-0.4, -0.2) is 75.2 Å². The Morgan fingerprint density at radius 2 is 2.07 bits per heavy atom. The molecule has 0 radical (unpaired) electrons. The van der Waals surface area contributed by atoms with Crippen LogP contribution < -0.4 is 0 Å². The number of hydrogen-bond donors (Lipinski definition) is 0. The lowest BCUT2D eigenvalue weighted by atomic mass is 9.95. The molecule has 3 rings (SSSR count). The van der Waals surface area contributed by atoms with Gasteiger partial charge < -0.3 is 14.4 Å². The summed E-state index contributed by atoms with van der Waals surface area (Å²) in [6, 6.07) is 9.02. The van der Waals surface area contributed by atoms with Crippen LogP contribution in [0.1, 0.15) is 31.2 Å². The van der Waals surface area contributed by atoms with Gasteiger partial charge in [0, 0.05) is 44.8 Å². The van der Waals surface area contributed by atoms with Crippen molar-refractivity contribution in [2.75, 3.05) is 59.3 Å². The maximum absolute atomic E-state index is 5.95. The highest BCUT2D eigenvalue weighted by atomic mass is 32.2. The van der Waals surface area contributed by atoms with Crippen LogP contribution in [0.3, 0.4) is 0 Å². The third-order valence-corrected chi connectivity index (χ3v) is 6.59. The fourth-order valence-corrected chi connectivity index (χ4v) is 4.77. The first-order valence-corrected chi connectivity index (χ1v) is 11.7. The number of ether oxygens (including phenoxy) is 2. The van der Waals surface area contributed by atoms with Gasteiger partial charge in [0.25, 0.3) is 0 Å². The molecule has 0 saturated carbocycles. The first-order chi connectivity index (χ1) is 13.3. The smallest absolute Gasteiger partial charge is 0.0702 e. The second-order valence-electron chi connectivity index (χ2n) is 7.96. The molecule has 5 heteroatoms. The predicted molar refractivity (Wildman–Crippen MR) is 114 cm³/mol. The van der Waals surface area contributed by atoms with Gasteiger partial charge in [0.15, 0.2) is 0 Å². The number of thioether (sulfide) groups is 1. The number of hydrogen-bond acceptors (Lipinski definition) is 5. The minimum atomic E-state index is 0.426. The van der Waals surface area contributed by atoms with E-state index in [1.807, 2.05) is 11.8 Å². The summed E-state index contributed by atoms with van der Waals surface area (Å²) in [5.74, 6) is 0.800. The minimum absolute atomic E-state index is 0.426. The standard InChI is InChI=1S/C22H36N2O2S/c1-25-14-12-23-10-8-19(9-11-23)16-24(18-21-6-4-13-26-21)17-20-5-3-7-22(15-20)27-2/h3,5,7,15,19,21H,4,6,8-14,16-18H2,1-2H3. The van der Waals surface area contributed by atoms with Crippen molar-refractivity contribution in [1.29, 1.82) is 0 Å². The normalized spacial score (nSPS) is 22.0. The molecule has 0 aromatic heterocycles. The number of piperidine rings is 1. The van der Waals surface area contributed by atoms with E-state index in [0.717, 1.165) is 38.8 Å². The summed E-state index contributed by atoms with van der Waals surface area (Å²) in [5, 5.41) is 0. The largest absolute Gasteiger partial charge is 0.383 e. The molecule has 1 atom stereocenters. The Morgan fingerprint density at radius 3 is 2.78 bits per heavy atom. The zero-order valence-corrected chi connectivity index (χ0v) is 17.9. The summed E-state index contributed by atoms with van der Waals surface area (Å²) in [4.78, 5) is 6.56. The molecule has 0 N–H and O–H groups in total. The molecule has 2 saturated heterocycles. The molecular weight excluding hydrogens is 356 g/mol. The SMILES string of the molecule is COCCN1CCC(CN(Cc2cccc(SC)c2)CC2CCCO2)CC1. The Bertz CT molecular complexity index is 543. The summed E-state index contributed by atoms with van der Waals surface area (Å²) in [5.41, 5.74) is 1.43. The molecule has 0 amide bonds. The van der Waals surface area contributed by atoms with Crippen LogP contribution in [0.4, 0.5) is 0 Å². The van der Waals surface area contributed by atoms with Crippen molar-refractivity contribution in [3.63, 3.8) is 0 Å². The summed E-state index contributed by atoms with van der Waals surface area (Å²) >= 11 is 1.83. The highest BCUT2D eigenvalue weighted by molar-refractivity contribution is 7.98. The topological polar surface area (TPSA) is 24.9 Å². The van der Waals surface area contributed by atoms with Crippen LogP contribution in [0.5, 0.6) is 0 Å². The van der Waals surface area contributed by atoms with Crippen molar-refractivity contribution >= 4 is 11.8 Å². The van der Waals surface area contributed by atoms with Crippen molar-refractivity contribution in [3.05, 3.63) is 29.8 Å². The zero-order chi connectivity index (χ0) is 18.9. The molecule has 2 heterocycles. The van der Waals surface area contributed by atoms with E-state index < -0.39 is 0 Å². The second kappa shape index (κ2) is 11.4. The first-order valence-electron chi connectivity index (χ1n) is 10.4. The van der Waals surface area contributed by atoms with Gasteiger partial charge in [-0.3, -0.25) is 4.90 Å². The van der Waals surface area contributed by atoms with Crippen molar-refractivity contribution < 1.29 is 9.47 Å². The van der Waals surface area contributed by atoms with Crippen molar-refractivity contribution in [2.45, 2.75) is 43.2 Å². The number of likely N-dealkylation sites (tertiary alicyclic amines) is 1. The quantitative estimate of drug-likeness (QED) is 0.565. The van der Waals surface area contributed by atoms with Crippen molar-refractivity contribution in [2.24, 2.45) is 5.92 Å². The molecule has 1 aromatic rings. The highest BCUT2D eigenvalue weighted by Crippen LogP contribution is 2.23. The first kappa shape index (κ1) is 21.1. The summed E-state index contributed by atoms with van der Waals surface area (Å²) in [6.45, 7) is 8.60. The van der Waals surface area contributed by atoms with Crippen LogP contribution in [0, 0.1) is 5.92 Å². The maximum atomic E-state index is 5.95. The number of rotatable bonds is 10. The Balaban J connectivity index is 1.55. The van der Waals surface area contributed by atoms with E-state index in [1.54, 1.807) is 7.11 Å². The summed E-state index contributed by atoms with van der Waals surface area (Å²) in [6.07, 6.45) is 7.62. The van der Waals surface area contributed by atoms with Crippen LogP contribution in [0.2, 0.25) is 0 Å². The van der Waals surface area contributed by atoms with Crippen molar-refractivity contribution in [3.8, 4) is 0 Å². The minimum Gasteiger partial charge on any atom is -0.383 e. The van der Waals surface area contributed by atoms with Crippen molar-refractivity contribution in [1.82, 2.24) is 9.80 Å². The van der Waals surface area contributed by atoms with E-state index >= 15 is 0 Å². The molecule has 2 aliphatic heterocycles. The average molecular weight is 393 g/mol. The van der Waals surface area contributed by atoms with Crippen LogP contribution >= 0.6 is 11.8 Å². The Kier molecular flexibility index (Phi) is 8.94. The highest BCUT2D eigenvalue weighted by Gasteiger charge is 2.24. The van der Waals surface area contributed by atoms with Gasteiger partial charge in [-0.15, -0.1) is 11.8 Å². The fourth-order valence-electron chi connectivity index (χ4n) is 4.29.